The van der Waals surface area contributed by atoms with Crippen molar-refractivity contribution in [2.24, 2.45) is 0 Å². The molecule has 0 radical (unpaired) electrons. The molecular formula is C21H15ClF3NO3. The molecule has 0 amide bonds. The Morgan fingerprint density at radius 2 is 1.66 bits per heavy atom. The third-order valence-corrected chi connectivity index (χ3v) is 4.79. The molecule has 0 saturated carbocycles. The first-order chi connectivity index (χ1) is 13.8. The monoisotopic (exact) mass is 421 g/mol. The van der Waals surface area contributed by atoms with E-state index in [-0.39, 0.29) is 23.5 Å². The van der Waals surface area contributed by atoms with Gasteiger partial charge in [0.25, 0.3) is 0 Å². The highest BCUT2D eigenvalue weighted by molar-refractivity contribution is 6.34. The molecule has 0 fully saturated rings. The molecule has 0 aliphatic rings. The summed E-state index contributed by atoms with van der Waals surface area (Å²) in [5.41, 5.74) is -1.05. The third-order valence-electron chi connectivity index (χ3n) is 4.44. The maximum absolute atomic E-state index is 15.0. The van der Waals surface area contributed by atoms with Crippen LogP contribution in [0.25, 0.3) is 22.3 Å². The fraction of sp³-hybridized carbons (Fsp3) is 0.143. The zero-order valence-corrected chi connectivity index (χ0v) is 16.2. The van der Waals surface area contributed by atoms with Crippen molar-refractivity contribution in [1.29, 1.82) is 0 Å². The molecule has 0 N–H and O–H groups in total. The van der Waals surface area contributed by atoms with E-state index < -0.39 is 44.2 Å². The number of hydrogen-bond donors (Lipinski definition) is 0. The fourth-order valence-electron chi connectivity index (χ4n) is 3.07. The molecule has 3 aromatic rings. The molecule has 0 bridgehead atoms. The summed E-state index contributed by atoms with van der Waals surface area (Å²) in [5.74, 6) is -4.29. The van der Waals surface area contributed by atoms with Crippen LogP contribution in [0, 0.1) is 34.5 Å². The summed E-state index contributed by atoms with van der Waals surface area (Å²) in [5, 5.41) is 10.9. The average molecular weight is 422 g/mol. The van der Waals surface area contributed by atoms with E-state index in [4.69, 9.17) is 16.3 Å². The Labute approximate surface area is 169 Å². The van der Waals surface area contributed by atoms with Crippen molar-refractivity contribution >= 4 is 17.3 Å². The molecule has 0 aliphatic heterocycles. The highest BCUT2D eigenvalue weighted by Gasteiger charge is 2.31. The summed E-state index contributed by atoms with van der Waals surface area (Å²) < 4.78 is 49.3. The van der Waals surface area contributed by atoms with Gasteiger partial charge in [-0.05, 0) is 31.0 Å². The Hall–Kier alpha value is -3.06. The first-order valence-corrected chi connectivity index (χ1v) is 8.99. The first-order valence-electron chi connectivity index (χ1n) is 8.62. The third kappa shape index (κ3) is 3.53. The van der Waals surface area contributed by atoms with Crippen molar-refractivity contribution in [3.63, 3.8) is 0 Å². The predicted octanol–water partition coefficient (Wildman–Crippen LogP) is 6.71. The van der Waals surface area contributed by atoms with Crippen LogP contribution in [-0.2, 0) is 0 Å². The molecule has 0 spiro atoms. The van der Waals surface area contributed by atoms with Gasteiger partial charge in [0, 0.05) is 22.8 Å². The number of benzene rings is 3. The summed E-state index contributed by atoms with van der Waals surface area (Å²) in [7, 11) is 0. The van der Waals surface area contributed by atoms with Gasteiger partial charge in [0.15, 0.2) is 11.6 Å². The zero-order chi connectivity index (χ0) is 21.3. The van der Waals surface area contributed by atoms with Crippen LogP contribution < -0.4 is 4.74 Å². The van der Waals surface area contributed by atoms with E-state index in [0.717, 1.165) is 6.92 Å². The van der Waals surface area contributed by atoms with E-state index >= 15 is 0 Å². The second-order valence-corrected chi connectivity index (χ2v) is 6.53. The fourth-order valence-corrected chi connectivity index (χ4v) is 3.39. The van der Waals surface area contributed by atoms with E-state index in [2.05, 4.69) is 0 Å². The Morgan fingerprint density at radius 1 is 1.00 bits per heavy atom. The lowest BCUT2D eigenvalue weighted by Gasteiger charge is -2.18. The number of nitrogens with zero attached hydrogens (tertiary/aromatic N) is 1. The Kier molecular flexibility index (Phi) is 5.79. The number of ether oxygens (including phenoxy) is 1. The molecule has 0 aromatic heterocycles. The molecule has 29 heavy (non-hydrogen) atoms. The topological polar surface area (TPSA) is 52.4 Å². The Morgan fingerprint density at radius 3 is 2.24 bits per heavy atom. The lowest BCUT2D eigenvalue weighted by molar-refractivity contribution is -0.385. The molecule has 0 saturated heterocycles. The SMILES string of the molecule is CCOc1c([N+](=O)[O-])ccc(-c2ccccc2)c1-c1c(F)c(F)c(C)c(F)c1Cl. The van der Waals surface area contributed by atoms with Gasteiger partial charge < -0.3 is 4.74 Å². The van der Waals surface area contributed by atoms with Crippen LogP contribution in [0.5, 0.6) is 5.75 Å². The van der Waals surface area contributed by atoms with Crippen molar-refractivity contribution in [3.8, 4) is 28.0 Å². The van der Waals surface area contributed by atoms with Crippen molar-refractivity contribution in [1.82, 2.24) is 0 Å². The van der Waals surface area contributed by atoms with Gasteiger partial charge in [-0.2, -0.15) is 0 Å². The molecule has 0 unspecified atom stereocenters. The van der Waals surface area contributed by atoms with Crippen molar-refractivity contribution in [2.45, 2.75) is 13.8 Å². The van der Waals surface area contributed by atoms with Crippen LogP contribution in [-0.4, -0.2) is 11.5 Å². The van der Waals surface area contributed by atoms with Gasteiger partial charge in [-0.25, -0.2) is 13.2 Å². The summed E-state index contributed by atoms with van der Waals surface area (Å²) in [6.07, 6.45) is 0. The quantitative estimate of drug-likeness (QED) is 0.261. The summed E-state index contributed by atoms with van der Waals surface area (Å²) in [6, 6.07) is 11.1. The second-order valence-electron chi connectivity index (χ2n) is 6.15. The normalized spacial score (nSPS) is 10.8. The van der Waals surface area contributed by atoms with Gasteiger partial charge in [-0.1, -0.05) is 41.9 Å². The zero-order valence-electron chi connectivity index (χ0n) is 15.4. The lowest BCUT2D eigenvalue weighted by atomic mass is 9.91. The molecule has 3 aromatic carbocycles. The van der Waals surface area contributed by atoms with Gasteiger partial charge in [0.2, 0.25) is 5.75 Å². The summed E-state index contributed by atoms with van der Waals surface area (Å²) in [6.45, 7) is 2.64. The van der Waals surface area contributed by atoms with Crippen LogP contribution in [0.1, 0.15) is 12.5 Å². The Balaban J connectivity index is 2.53. The standard InChI is InChI=1S/C21H15ClF3NO3/c1-3-29-21-14(26(27)28)10-9-13(12-7-5-4-6-8-12)15(21)16-17(22)18(23)11(2)19(24)20(16)25/h4-10H,3H2,1-2H3. The van der Waals surface area contributed by atoms with Crippen molar-refractivity contribution < 1.29 is 22.8 Å². The van der Waals surface area contributed by atoms with Crippen LogP contribution in [0.3, 0.4) is 0 Å². The van der Waals surface area contributed by atoms with Crippen LogP contribution in [0.4, 0.5) is 18.9 Å². The number of halogens is 4. The van der Waals surface area contributed by atoms with E-state index in [1.807, 2.05) is 0 Å². The minimum Gasteiger partial charge on any atom is -0.487 e. The van der Waals surface area contributed by atoms with Crippen molar-refractivity contribution in [3.05, 3.63) is 80.6 Å². The lowest BCUT2D eigenvalue weighted by Crippen LogP contribution is -2.05. The highest BCUT2D eigenvalue weighted by Crippen LogP contribution is 2.49. The predicted molar refractivity (Wildman–Crippen MR) is 105 cm³/mol. The maximum atomic E-state index is 15.0. The molecule has 4 nitrogen and oxygen atoms in total. The summed E-state index contributed by atoms with van der Waals surface area (Å²) >= 11 is 6.07. The molecule has 0 atom stereocenters. The largest absolute Gasteiger partial charge is 0.487 e. The van der Waals surface area contributed by atoms with E-state index in [0.29, 0.717) is 5.56 Å². The second kappa shape index (κ2) is 8.13. The van der Waals surface area contributed by atoms with Gasteiger partial charge in [0.1, 0.15) is 5.82 Å². The molecular weight excluding hydrogens is 407 g/mol. The van der Waals surface area contributed by atoms with Gasteiger partial charge in [-0.15, -0.1) is 0 Å². The molecule has 150 valence electrons. The van der Waals surface area contributed by atoms with Crippen LogP contribution in [0.15, 0.2) is 42.5 Å². The smallest absolute Gasteiger partial charge is 0.311 e. The minimum absolute atomic E-state index is 0.00213. The van der Waals surface area contributed by atoms with Crippen LogP contribution in [0.2, 0.25) is 5.02 Å². The number of rotatable bonds is 5. The van der Waals surface area contributed by atoms with Gasteiger partial charge >= 0.3 is 5.69 Å². The van der Waals surface area contributed by atoms with Gasteiger partial charge in [0.05, 0.1) is 16.6 Å². The summed E-state index contributed by atoms with van der Waals surface area (Å²) in [4.78, 5) is 10.8. The highest BCUT2D eigenvalue weighted by atomic mass is 35.5. The number of nitro benzene ring substituents is 1. The van der Waals surface area contributed by atoms with E-state index in [1.54, 1.807) is 37.3 Å². The van der Waals surface area contributed by atoms with E-state index in [1.165, 1.54) is 12.1 Å². The molecule has 0 heterocycles. The number of hydrogen-bond acceptors (Lipinski definition) is 3. The molecule has 0 aliphatic carbocycles. The van der Waals surface area contributed by atoms with Crippen molar-refractivity contribution in [2.75, 3.05) is 6.61 Å². The van der Waals surface area contributed by atoms with Crippen LogP contribution >= 0.6 is 11.6 Å². The van der Waals surface area contributed by atoms with Gasteiger partial charge in [-0.3, -0.25) is 10.1 Å². The van der Waals surface area contributed by atoms with E-state index in [9.17, 15) is 23.3 Å². The average Bonchev–Trinajstić information content (AvgIpc) is 2.72. The maximum Gasteiger partial charge on any atom is 0.311 e. The molecule has 3 rings (SSSR count). The molecule has 8 heteroatoms. The minimum atomic E-state index is -1.42. The first kappa shape index (κ1) is 20.7. The Bertz CT molecular complexity index is 1080. The number of nitro groups is 1.